The third kappa shape index (κ3) is 2.25. The predicted molar refractivity (Wildman–Crippen MR) is 68.9 cm³/mol. The SMILES string of the molecule is CC(Cc1nc2ccccc2s1)NC1CC1. The average Bonchev–Trinajstić information content (AvgIpc) is 2.97. The van der Waals surface area contributed by atoms with Crippen molar-refractivity contribution in [3.63, 3.8) is 0 Å². The van der Waals surface area contributed by atoms with Gasteiger partial charge in [0.25, 0.3) is 0 Å². The van der Waals surface area contributed by atoms with Gasteiger partial charge in [0.2, 0.25) is 0 Å². The fourth-order valence-electron chi connectivity index (χ4n) is 1.98. The van der Waals surface area contributed by atoms with E-state index in [1.807, 2.05) is 11.3 Å². The predicted octanol–water partition coefficient (Wildman–Crippen LogP) is 2.98. The van der Waals surface area contributed by atoms with Crippen molar-refractivity contribution in [2.24, 2.45) is 0 Å². The van der Waals surface area contributed by atoms with E-state index in [2.05, 4.69) is 41.5 Å². The van der Waals surface area contributed by atoms with Crippen molar-refractivity contribution in [3.8, 4) is 0 Å². The van der Waals surface area contributed by atoms with E-state index in [9.17, 15) is 0 Å². The highest BCUT2D eigenvalue weighted by Crippen LogP contribution is 2.24. The number of rotatable bonds is 4. The topological polar surface area (TPSA) is 24.9 Å². The van der Waals surface area contributed by atoms with Gasteiger partial charge in [0.15, 0.2) is 0 Å². The molecule has 1 aromatic heterocycles. The zero-order chi connectivity index (χ0) is 11.0. The maximum absolute atomic E-state index is 4.66. The number of para-hydroxylation sites is 1. The molecule has 1 aromatic carbocycles. The van der Waals surface area contributed by atoms with Gasteiger partial charge in [-0.15, -0.1) is 11.3 Å². The number of nitrogens with one attached hydrogen (secondary N) is 1. The summed E-state index contributed by atoms with van der Waals surface area (Å²) < 4.78 is 1.30. The van der Waals surface area contributed by atoms with Crippen molar-refractivity contribution in [3.05, 3.63) is 29.3 Å². The van der Waals surface area contributed by atoms with E-state index < -0.39 is 0 Å². The van der Waals surface area contributed by atoms with E-state index in [1.54, 1.807) is 0 Å². The molecular weight excluding hydrogens is 216 g/mol. The summed E-state index contributed by atoms with van der Waals surface area (Å²) in [6.45, 7) is 2.25. The van der Waals surface area contributed by atoms with E-state index in [1.165, 1.54) is 22.5 Å². The van der Waals surface area contributed by atoms with Gasteiger partial charge in [0, 0.05) is 18.5 Å². The number of thiazole rings is 1. The summed E-state index contributed by atoms with van der Waals surface area (Å²) in [7, 11) is 0. The Bertz CT molecular complexity index is 454. The molecule has 1 fully saturated rings. The van der Waals surface area contributed by atoms with Crippen molar-refractivity contribution >= 4 is 21.6 Å². The zero-order valence-corrected chi connectivity index (χ0v) is 10.3. The van der Waals surface area contributed by atoms with Gasteiger partial charge in [0.05, 0.1) is 15.2 Å². The second-order valence-corrected chi connectivity index (χ2v) is 5.74. The molecule has 0 radical (unpaired) electrons. The van der Waals surface area contributed by atoms with Gasteiger partial charge in [-0.2, -0.15) is 0 Å². The number of hydrogen-bond acceptors (Lipinski definition) is 3. The van der Waals surface area contributed by atoms with Crippen LogP contribution in [-0.4, -0.2) is 17.1 Å². The Kier molecular flexibility index (Phi) is 2.65. The molecule has 1 unspecified atom stereocenters. The Balaban J connectivity index is 1.72. The largest absolute Gasteiger partial charge is 0.311 e. The molecule has 1 N–H and O–H groups in total. The molecule has 1 saturated carbocycles. The van der Waals surface area contributed by atoms with E-state index in [0.29, 0.717) is 6.04 Å². The van der Waals surface area contributed by atoms with Crippen LogP contribution in [0.25, 0.3) is 10.2 Å². The number of hydrogen-bond donors (Lipinski definition) is 1. The standard InChI is InChI=1S/C13H16N2S/c1-9(14-10-6-7-10)8-13-15-11-4-2-3-5-12(11)16-13/h2-5,9-10,14H,6-8H2,1H3. The molecule has 3 rings (SSSR count). The lowest BCUT2D eigenvalue weighted by molar-refractivity contribution is 0.542. The van der Waals surface area contributed by atoms with E-state index in [0.717, 1.165) is 18.0 Å². The quantitative estimate of drug-likeness (QED) is 0.876. The van der Waals surface area contributed by atoms with Crippen molar-refractivity contribution in [2.45, 2.75) is 38.3 Å². The van der Waals surface area contributed by atoms with Crippen LogP contribution >= 0.6 is 11.3 Å². The van der Waals surface area contributed by atoms with Crippen LogP contribution in [0.4, 0.5) is 0 Å². The minimum Gasteiger partial charge on any atom is -0.311 e. The molecule has 0 saturated heterocycles. The maximum atomic E-state index is 4.66. The van der Waals surface area contributed by atoms with Gasteiger partial charge in [0.1, 0.15) is 0 Å². The molecule has 16 heavy (non-hydrogen) atoms. The first-order valence-corrected chi connectivity index (χ1v) is 6.73. The van der Waals surface area contributed by atoms with Crippen LogP contribution in [0.15, 0.2) is 24.3 Å². The molecule has 0 spiro atoms. The Morgan fingerprint density at radius 3 is 3.00 bits per heavy atom. The van der Waals surface area contributed by atoms with E-state index in [4.69, 9.17) is 0 Å². The minimum atomic E-state index is 0.549. The minimum absolute atomic E-state index is 0.549. The first-order valence-electron chi connectivity index (χ1n) is 5.92. The molecule has 0 aliphatic heterocycles. The van der Waals surface area contributed by atoms with Crippen LogP contribution in [0.5, 0.6) is 0 Å². The average molecular weight is 232 g/mol. The Morgan fingerprint density at radius 2 is 2.25 bits per heavy atom. The third-order valence-electron chi connectivity index (χ3n) is 2.92. The number of benzene rings is 1. The van der Waals surface area contributed by atoms with Crippen molar-refractivity contribution < 1.29 is 0 Å². The molecule has 1 aliphatic rings. The fourth-order valence-corrected chi connectivity index (χ4v) is 3.08. The monoisotopic (exact) mass is 232 g/mol. The molecular formula is C13H16N2S. The molecule has 1 aliphatic carbocycles. The second-order valence-electron chi connectivity index (χ2n) is 4.62. The van der Waals surface area contributed by atoms with Crippen LogP contribution in [0, 0.1) is 0 Å². The van der Waals surface area contributed by atoms with Gasteiger partial charge in [-0.25, -0.2) is 4.98 Å². The van der Waals surface area contributed by atoms with Crippen molar-refractivity contribution in [2.75, 3.05) is 0 Å². The van der Waals surface area contributed by atoms with E-state index in [-0.39, 0.29) is 0 Å². The van der Waals surface area contributed by atoms with Gasteiger partial charge in [-0.3, -0.25) is 0 Å². The molecule has 1 heterocycles. The van der Waals surface area contributed by atoms with Gasteiger partial charge < -0.3 is 5.32 Å². The molecule has 1 atom stereocenters. The summed E-state index contributed by atoms with van der Waals surface area (Å²) >= 11 is 1.82. The molecule has 2 aromatic rings. The van der Waals surface area contributed by atoms with Gasteiger partial charge >= 0.3 is 0 Å². The fraction of sp³-hybridized carbons (Fsp3) is 0.462. The molecule has 2 nitrogen and oxygen atoms in total. The summed E-state index contributed by atoms with van der Waals surface area (Å²) in [6.07, 6.45) is 3.75. The molecule has 3 heteroatoms. The first kappa shape index (κ1) is 10.2. The summed E-state index contributed by atoms with van der Waals surface area (Å²) in [4.78, 5) is 4.66. The Labute approximate surface area is 99.7 Å². The summed E-state index contributed by atoms with van der Waals surface area (Å²) in [5, 5.41) is 4.87. The van der Waals surface area contributed by atoms with Crippen molar-refractivity contribution in [1.82, 2.24) is 10.3 Å². The summed E-state index contributed by atoms with van der Waals surface area (Å²) in [5.41, 5.74) is 1.14. The lowest BCUT2D eigenvalue weighted by Crippen LogP contribution is -2.29. The lowest BCUT2D eigenvalue weighted by Gasteiger charge is -2.10. The molecule has 0 bridgehead atoms. The van der Waals surface area contributed by atoms with Crippen LogP contribution in [0.2, 0.25) is 0 Å². The van der Waals surface area contributed by atoms with E-state index >= 15 is 0 Å². The lowest BCUT2D eigenvalue weighted by atomic mass is 10.2. The van der Waals surface area contributed by atoms with Crippen LogP contribution < -0.4 is 5.32 Å². The second kappa shape index (κ2) is 4.15. The van der Waals surface area contributed by atoms with Crippen molar-refractivity contribution in [1.29, 1.82) is 0 Å². The highest BCUT2D eigenvalue weighted by molar-refractivity contribution is 7.18. The Morgan fingerprint density at radius 1 is 1.44 bits per heavy atom. The highest BCUT2D eigenvalue weighted by atomic mass is 32.1. The normalized spacial score (nSPS) is 17.8. The van der Waals surface area contributed by atoms with Crippen LogP contribution in [-0.2, 0) is 6.42 Å². The first-order chi connectivity index (χ1) is 7.81. The van der Waals surface area contributed by atoms with Crippen LogP contribution in [0.1, 0.15) is 24.8 Å². The van der Waals surface area contributed by atoms with Crippen LogP contribution in [0.3, 0.4) is 0 Å². The zero-order valence-electron chi connectivity index (χ0n) is 9.44. The Hall–Kier alpha value is -0.930. The highest BCUT2D eigenvalue weighted by Gasteiger charge is 2.23. The summed E-state index contributed by atoms with van der Waals surface area (Å²) in [6, 6.07) is 9.70. The number of fused-ring (bicyclic) bond motifs is 1. The smallest absolute Gasteiger partial charge is 0.0954 e. The maximum Gasteiger partial charge on any atom is 0.0954 e. The summed E-state index contributed by atoms with van der Waals surface area (Å²) in [5.74, 6) is 0. The van der Waals surface area contributed by atoms with Gasteiger partial charge in [-0.05, 0) is 31.9 Å². The number of aromatic nitrogens is 1. The van der Waals surface area contributed by atoms with Gasteiger partial charge in [-0.1, -0.05) is 12.1 Å². The third-order valence-corrected chi connectivity index (χ3v) is 3.98. The number of nitrogens with zero attached hydrogens (tertiary/aromatic N) is 1. The molecule has 0 amide bonds. The molecule has 84 valence electrons.